The molecule has 1 aromatic heterocycles. The Morgan fingerprint density at radius 3 is 2.60 bits per heavy atom. The average Bonchev–Trinajstić information content (AvgIpc) is 2.78. The van der Waals surface area contributed by atoms with Crippen LogP contribution in [0.1, 0.15) is 20.8 Å². The first-order chi connectivity index (χ1) is 9.38. The number of nitrogens with one attached hydrogen (secondary N) is 1. The summed E-state index contributed by atoms with van der Waals surface area (Å²) >= 11 is 12.7. The normalized spacial score (nSPS) is 10.3. The summed E-state index contributed by atoms with van der Waals surface area (Å²) in [6, 6.07) is 2.53. The SMILES string of the molecule is Nc1nc(C(=O)Nc2c(Cl)cc(Cl)cc2C(=O)O)cs1. The molecule has 0 saturated carbocycles. The Hall–Kier alpha value is -1.83. The van der Waals surface area contributed by atoms with Gasteiger partial charge in [0.2, 0.25) is 0 Å². The van der Waals surface area contributed by atoms with Gasteiger partial charge in [-0.05, 0) is 12.1 Å². The smallest absolute Gasteiger partial charge is 0.337 e. The summed E-state index contributed by atoms with van der Waals surface area (Å²) < 4.78 is 0. The molecule has 0 fully saturated rings. The van der Waals surface area contributed by atoms with Gasteiger partial charge in [-0.1, -0.05) is 23.2 Å². The van der Waals surface area contributed by atoms with Crippen LogP contribution in [0.25, 0.3) is 0 Å². The van der Waals surface area contributed by atoms with Crippen molar-refractivity contribution in [3.63, 3.8) is 0 Å². The molecule has 0 atom stereocenters. The van der Waals surface area contributed by atoms with E-state index >= 15 is 0 Å². The van der Waals surface area contributed by atoms with Crippen LogP contribution in [-0.4, -0.2) is 22.0 Å². The molecule has 0 unspecified atom stereocenters. The highest BCUT2D eigenvalue weighted by atomic mass is 35.5. The molecular formula is C11H7Cl2N3O3S. The Bertz CT molecular complexity index is 702. The summed E-state index contributed by atoms with van der Waals surface area (Å²) in [6.45, 7) is 0. The predicted octanol–water partition coefficient (Wildman–Crippen LogP) is 2.98. The molecule has 0 aliphatic rings. The molecule has 0 bridgehead atoms. The maximum Gasteiger partial charge on any atom is 0.337 e. The molecule has 0 aliphatic carbocycles. The fourth-order valence-electron chi connectivity index (χ4n) is 1.44. The minimum atomic E-state index is -1.26. The summed E-state index contributed by atoms with van der Waals surface area (Å²) in [5, 5.41) is 13.4. The van der Waals surface area contributed by atoms with Crippen LogP contribution < -0.4 is 11.1 Å². The lowest BCUT2D eigenvalue weighted by Crippen LogP contribution is -2.15. The van der Waals surface area contributed by atoms with Gasteiger partial charge in [0.25, 0.3) is 5.91 Å². The van der Waals surface area contributed by atoms with Gasteiger partial charge in [0.15, 0.2) is 5.13 Å². The zero-order valence-electron chi connectivity index (χ0n) is 9.68. The van der Waals surface area contributed by atoms with Gasteiger partial charge in [0, 0.05) is 10.4 Å². The van der Waals surface area contributed by atoms with Gasteiger partial charge in [-0.3, -0.25) is 4.79 Å². The summed E-state index contributed by atoms with van der Waals surface area (Å²) in [5.41, 5.74) is 5.26. The summed E-state index contributed by atoms with van der Waals surface area (Å²) in [6.07, 6.45) is 0. The van der Waals surface area contributed by atoms with Crippen molar-refractivity contribution in [2.24, 2.45) is 0 Å². The Kier molecular flexibility index (Phi) is 4.12. The van der Waals surface area contributed by atoms with Crippen molar-refractivity contribution in [2.75, 3.05) is 11.1 Å². The average molecular weight is 332 g/mol. The van der Waals surface area contributed by atoms with Crippen molar-refractivity contribution in [3.8, 4) is 0 Å². The van der Waals surface area contributed by atoms with Gasteiger partial charge >= 0.3 is 5.97 Å². The van der Waals surface area contributed by atoms with Gasteiger partial charge in [0.1, 0.15) is 5.69 Å². The number of thiazole rings is 1. The summed E-state index contributed by atoms with van der Waals surface area (Å²) in [4.78, 5) is 26.9. The van der Waals surface area contributed by atoms with E-state index in [-0.39, 0.29) is 32.1 Å². The number of aromatic nitrogens is 1. The first kappa shape index (κ1) is 14.6. The summed E-state index contributed by atoms with van der Waals surface area (Å²) in [7, 11) is 0. The first-order valence-electron chi connectivity index (χ1n) is 5.13. The van der Waals surface area contributed by atoms with Crippen molar-refractivity contribution in [2.45, 2.75) is 0 Å². The van der Waals surface area contributed by atoms with E-state index in [4.69, 9.17) is 34.0 Å². The molecule has 0 saturated heterocycles. The number of anilines is 2. The maximum absolute atomic E-state index is 11.9. The molecule has 104 valence electrons. The number of nitrogens with two attached hydrogens (primary N) is 1. The number of carbonyl (C=O) groups is 2. The van der Waals surface area contributed by atoms with Crippen molar-refractivity contribution < 1.29 is 14.7 Å². The molecule has 1 amide bonds. The minimum Gasteiger partial charge on any atom is -0.478 e. The maximum atomic E-state index is 11.9. The van der Waals surface area contributed by atoms with Crippen molar-refractivity contribution in [3.05, 3.63) is 38.8 Å². The number of carboxylic acids is 1. The van der Waals surface area contributed by atoms with Crippen LogP contribution in [0.2, 0.25) is 10.0 Å². The largest absolute Gasteiger partial charge is 0.478 e. The number of carboxylic acid groups (broad SMARTS) is 1. The third-order valence-corrected chi connectivity index (χ3v) is 3.47. The zero-order chi connectivity index (χ0) is 14.9. The standard InChI is InChI=1S/C11H7Cl2N3O3S/c12-4-1-5(10(18)19)8(6(13)2-4)16-9(17)7-3-20-11(14)15-7/h1-3H,(H2,14,15)(H,16,17)(H,18,19). The van der Waals surface area contributed by atoms with E-state index in [9.17, 15) is 9.59 Å². The molecule has 0 aliphatic heterocycles. The Balaban J connectivity index is 2.38. The molecule has 0 spiro atoms. The molecule has 2 aromatic rings. The second kappa shape index (κ2) is 5.66. The number of benzene rings is 1. The highest BCUT2D eigenvalue weighted by Crippen LogP contribution is 2.30. The van der Waals surface area contributed by atoms with Crippen LogP contribution in [0.4, 0.5) is 10.8 Å². The fourth-order valence-corrected chi connectivity index (χ4v) is 2.52. The molecule has 20 heavy (non-hydrogen) atoms. The van der Waals surface area contributed by atoms with Crippen LogP contribution in [0.15, 0.2) is 17.5 Å². The first-order valence-corrected chi connectivity index (χ1v) is 6.76. The number of nitrogens with zero attached hydrogens (tertiary/aromatic N) is 1. The second-order valence-electron chi connectivity index (χ2n) is 3.64. The number of halogens is 2. The highest BCUT2D eigenvalue weighted by molar-refractivity contribution is 7.13. The lowest BCUT2D eigenvalue weighted by atomic mass is 10.1. The number of carbonyl (C=O) groups excluding carboxylic acids is 1. The van der Waals surface area contributed by atoms with E-state index in [1.54, 1.807) is 0 Å². The third-order valence-electron chi connectivity index (χ3n) is 2.28. The van der Waals surface area contributed by atoms with E-state index in [1.165, 1.54) is 17.5 Å². The molecule has 1 aromatic carbocycles. The number of aromatic carboxylic acids is 1. The Morgan fingerprint density at radius 2 is 2.05 bits per heavy atom. The van der Waals surface area contributed by atoms with Crippen LogP contribution in [0.5, 0.6) is 0 Å². The van der Waals surface area contributed by atoms with Crippen molar-refractivity contribution >= 4 is 57.2 Å². The number of hydrogen-bond donors (Lipinski definition) is 3. The lowest BCUT2D eigenvalue weighted by Gasteiger charge is -2.10. The van der Waals surface area contributed by atoms with E-state index < -0.39 is 11.9 Å². The Morgan fingerprint density at radius 1 is 1.35 bits per heavy atom. The van der Waals surface area contributed by atoms with E-state index in [0.717, 1.165) is 11.3 Å². The monoisotopic (exact) mass is 331 g/mol. The molecule has 1 heterocycles. The number of nitrogen functional groups attached to an aromatic ring is 1. The molecule has 6 nitrogen and oxygen atoms in total. The van der Waals surface area contributed by atoms with Crippen molar-refractivity contribution in [1.29, 1.82) is 0 Å². The molecule has 4 N–H and O–H groups in total. The topological polar surface area (TPSA) is 105 Å². The highest BCUT2D eigenvalue weighted by Gasteiger charge is 2.19. The van der Waals surface area contributed by atoms with Crippen LogP contribution in [0, 0.1) is 0 Å². The predicted molar refractivity (Wildman–Crippen MR) is 77.9 cm³/mol. The van der Waals surface area contributed by atoms with Gasteiger partial charge < -0.3 is 16.2 Å². The number of rotatable bonds is 3. The fraction of sp³-hybridized carbons (Fsp3) is 0. The number of hydrogen-bond acceptors (Lipinski definition) is 5. The second-order valence-corrected chi connectivity index (χ2v) is 5.37. The lowest BCUT2D eigenvalue weighted by molar-refractivity contribution is 0.0698. The van der Waals surface area contributed by atoms with E-state index in [1.807, 2.05) is 0 Å². The van der Waals surface area contributed by atoms with Crippen molar-refractivity contribution in [1.82, 2.24) is 4.98 Å². The zero-order valence-corrected chi connectivity index (χ0v) is 12.0. The van der Waals surface area contributed by atoms with Crippen LogP contribution >= 0.6 is 34.5 Å². The molecule has 9 heteroatoms. The molecular weight excluding hydrogens is 325 g/mol. The molecule has 0 radical (unpaired) electrons. The van der Waals surface area contributed by atoms with Gasteiger partial charge in [0.05, 0.1) is 16.3 Å². The Labute approximate surface area is 127 Å². The van der Waals surface area contributed by atoms with E-state index in [2.05, 4.69) is 10.3 Å². The van der Waals surface area contributed by atoms with E-state index in [0.29, 0.717) is 0 Å². The van der Waals surface area contributed by atoms with Gasteiger partial charge in [-0.25, -0.2) is 9.78 Å². The minimum absolute atomic E-state index is 0.0199. The summed E-state index contributed by atoms with van der Waals surface area (Å²) in [5.74, 6) is -1.87. The number of amides is 1. The van der Waals surface area contributed by atoms with Gasteiger partial charge in [-0.15, -0.1) is 11.3 Å². The quantitative estimate of drug-likeness (QED) is 0.801. The van der Waals surface area contributed by atoms with Crippen LogP contribution in [-0.2, 0) is 0 Å². The third kappa shape index (κ3) is 3.01. The van der Waals surface area contributed by atoms with Crippen LogP contribution in [0.3, 0.4) is 0 Å². The van der Waals surface area contributed by atoms with Gasteiger partial charge in [-0.2, -0.15) is 0 Å². The molecule has 2 rings (SSSR count).